The molecular weight excluding hydrogens is 304 g/mol. The van der Waals surface area contributed by atoms with Gasteiger partial charge in [-0.3, -0.25) is 9.80 Å². The van der Waals surface area contributed by atoms with Crippen molar-refractivity contribution in [2.75, 3.05) is 52.5 Å². The van der Waals surface area contributed by atoms with Gasteiger partial charge in [0.05, 0.1) is 32.5 Å². The van der Waals surface area contributed by atoms with Crippen LogP contribution in [0.1, 0.15) is 23.5 Å². The molecule has 134 valence electrons. The van der Waals surface area contributed by atoms with Crippen LogP contribution in [0, 0.1) is 25.7 Å². The van der Waals surface area contributed by atoms with Gasteiger partial charge in [0.15, 0.2) is 0 Å². The molecule has 4 rings (SSSR count). The van der Waals surface area contributed by atoms with Crippen molar-refractivity contribution in [1.29, 1.82) is 0 Å². The number of nitrogens with zero attached hydrogens (tertiary/aromatic N) is 2. The molecule has 5 heteroatoms. The second-order valence-electron chi connectivity index (χ2n) is 7.68. The number of morpholine rings is 1. The van der Waals surface area contributed by atoms with Crippen LogP contribution in [0.2, 0.25) is 0 Å². The van der Waals surface area contributed by atoms with E-state index in [1.165, 1.54) is 12.0 Å². The molecule has 1 aromatic heterocycles. The third-order valence-corrected chi connectivity index (χ3v) is 6.02. The van der Waals surface area contributed by atoms with Gasteiger partial charge in [0.2, 0.25) is 0 Å². The van der Waals surface area contributed by atoms with E-state index < -0.39 is 0 Å². The number of hydrogen-bond acceptors (Lipinski definition) is 5. The van der Waals surface area contributed by atoms with Crippen LogP contribution in [0.15, 0.2) is 10.5 Å². The summed E-state index contributed by atoms with van der Waals surface area (Å²) in [5, 5.41) is 0. The number of hydrogen-bond donors (Lipinski definition) is 0. The Balaban J connectivity index is 1.30. The summed E-state index contributed by atoms with van der Waals surface area (Å²) in [5.74, 6) is 3.56. The fraction of sp³-hybridized carbons (Fsp3) is 0.789. The Kier molecular flexibility index (Phi) is 4.95. The minimum absolute atomic E-state index is 0.420. The van der Waals surface area contributed by atoms with Crippen LogP contribution in [0.25, 0.3) is 0 Å². The fourth-order valence-corrected chi connectivity index (χ4v) is 4.48. The van der Waals surface area contributed by atoms with Gasteiger partial charge in [0.25, 0.3) is 0 Å². The first kappa shape index (κ1) is 16.6. The van der Waals surface area contributed by atoms with E-state index >= 15 is 0 Å². The molecule has 1 aromatic rings. The zero-order valence-corrected chi connectivity index (χ0v) is 15.0. The SMILES string of the molecule is Cc1cc(CN2CC[C@@H]3[C@@H](CO[C@H]3CN3CCOCC3)C2)oc1C. The Morgan fingerprint density at radius 2 is 1.96 bits per heavy atom. The van der Waals surface area contributed by atoms with Gasteiger partial charge in [-0.25, -0.2) is 0 Å². The summed E-state index contributed by atoms with van der Waals surface area (Å²) in [6.07, 6.45) is 1.67. The lowest BCUT2D eigenvalue weighted by Gasteiger charge is -2.36. The first-order valence-electron chi connectivity index (χ1n) is 9.39. The van der Waals surface area contributed by atoms with Crippen molar-refractivity contribution in [2.24, 2.45) is 11.8 Å². The van der Waals surface area contributed by atoms with Crippen LogP contribution in [0.3, 0.4) is 0 Å². The van der Waals surface area contributed by atoms with E-state index in [1.54, 1.807) is 0 Å². The molecule has 3 atom stereocenters. The first-order valence-corrected chi connectivity index (χ1v) is 9.39. The van der Waals surface area contributed by atoms with E-state index in [0.717, 1.165) is 76.5 Å². The minimum Gasteiger partial charge on any atom is -0.465 e. The van der Waals surface area contributed by atoms with Crippen molar-refractivity contribution in [2.45, 2.75) is 32.9 Å². The molecule has 3 aliphatic rings. The number of ether oxygens (including phenoxy) is 2. The fourth-order valence-electron chi connectivity index (χ4n) is 4.48. The van der Waals surface area contributed by atoms with Gasteiger partial charge in [-0.2, -0.15) is 0 Å². The van der Waals surface area contributed by atoms with Crippen LogP contribution in [0.4, 0.5) is 0 Å². The van der Waals surface area contributed by atoms with E-state index in [2.05, 4.69) is 22.8 Å². The van der Waals surface area contributed by atoms with E-state index in [4.69, 9.17) is 13.9 Å². The maximum atomic E-state index is 6.19. The molecule has 3 aliphatic heterocycles. The molecule has 0 aromatic carbocycles. The van der Waals surface area contributed by atoms with Gasteiger partial charge in [0.1, 0.15) is 11.5 Å². The van der Waals surface area contributed by atoms with Crippen LogP contribution in [-0.2, 0) is 16.0 Å². The maximum absolute atomic E-state index is 6.19. The van der Waals surface area contributed by atoms with E-state index in [1.807, 2.05) is 6.92 Å². The molecule has 5 nitrogen and oxygen atoms in total. The van der Waals surface area contributed by atoms with Gasteiger partial charge < -0.3 is 13.9 Å². The average molecular weight is 334 g/mol. The minimum atomic E-state index is 0.420. The molecule has 0 amide bonds. The van der Waals surface area contributed by atoms with Gasteiger partial charge in [-0.05, 0) is 44.4 Å². The molecule has 0 saturated carbocycles. The van der Waals surface area contributed by atoms with Crippen molar-refractivity contribution < 1.29 is 13.9 Å². The zero-order valence-electron chi connectivity index (χ0n) is 15.0. The summed E-state index contributed by atoms with van der Waals surface area (Å²) in [6.45, 7) is 13.3. The summed E-state index contributed by atoms with van der Waals surface area (Å²) in [5.41, 5.74) is 1.26. The van der Waals surface area contributed by atoms with Crippen molar-refractivity contribution >= 4 is 0 Å². The van der Waals surface area contributed by atoms with Crippen molar-refractivity contribution in [3.8, 4) is 0 Å². The maximum Gasteiger partial charge on any atom is 0.118 e. The summed E-state index contributed by atoms with van der Waals surface area (Å²) in [6, 6.07) is 2.19. The second kappa shape index (κ2) is 7.16. The Morgan fingerprint density at radius 3 is 2.71 bits per heavy atom. The second-order valence-corrected chi connectivity index (χ2v) is 7.68. The molecule has 0 bridgehead atoms. The van der Waals surface area contributed by atoms with Crippen molar-refractivity contribution in [3.05, 3.63) is 23.2 Å². The smallest absolute Gasteiger partial charge is 0.118 e. The highest BCUT2D eigenvalue weighted by Gasteiger charge is 2.41. The molecule has 4 heterocycles. The Bertz CT molecular complexity index is 533. The monoisotopic (exact) mass is 334 g/mol. The zero-order chi connectivity index (χ0) is 16.5. The number of rotatable bonds is 4. The molecule has 24 heavy (non-hydrogen) atoms. The molecule has 3 fully saturated rings. The number of piperidine rings is 1. The standard InChI is InChI=1S/C19H30N2O3/c1-14-9-17(24-15(14)2)11-21-4-3-18-16(10-21)13-23-19(18)12-20-5-7-22-8-6-20/h9,16,18-19H,3-8,10-13H2,1-2H3/t16-,18-,19+/m1/s1. The topological polar surface area (TPSA) is 38.1 Å². The van der Waals surface area contributed by atoms with E-state index in [0.29, 0.717) is 12.0 Å². The third-order valence-electron chi connectivity index (χ3n) is 6.02. The normalized spacial score (nSPS) is 32.2. The number of fused-ring (bicyclic) bond motifs is 1. The van der Waals surface area contributed by atoms with Crippen molar-refractivity contribution in [1.82, 2.24) is 9.80 Å². The number of aryl methyl sites for hydroxylation is 2. The molecule has 0 radical (unpaired) electrons. The predicted octanol–water partition coefficient (Wildman–Crippen LogP) is 2.07. The van der Waals surface area contributed by atoms with Crippen molar-refractivity contribution in [3.63, 3.8) is 0 Å². The Morgan fingerprint density at radius 1 is 1.12 bits per heavy atom. The summed E-state index contributed by atoms with van der Waals surface area (Å²) < 4.78 is 17.5. The summed E-state index contributed by atoms with van der Waals surface area (Å²) >= 11 is 0. The number of likely N-dealkylation sites (tertiary alicyclic amines) is 1. The predicted molar refractivity (Wildman–Crippen MR) is 92.1 cm³/mol. The highest BCUT2D eigenvalue weighted by Crippen LogP contribution is 2.35. The third kappa shape index (κ3) is 3.54. The molecule has 3 saturated heterocycles. The largest absolute Gasteiger partial charge is 0.465 e. The van der Waals surface area contributed by atoms with Crippen LogP contribution in [0.5, 0.6) is 0 Å². The summed E-state index contributed by atoms with van der Waals surface area (Å²) in [4.78, 5) is 5.05. The number of furan rings is 1. The van der Waals surface area contributed by atoms with E-state index in [-0.39, 0.29) is 0 Å². The highest BCUT2D eigenvalue weighted by atomic mass is 16.5. The Labute approximate surface area is 144 Å². The lowest BCUT2D eigenvalue weighted by Crippen LogP contribution is -2.45. The van der Waals surface area contributed by atoms with Crippen LogP contribution >= 0.6 is 0 Å². The first-order chi connectivity index (χ1) is 11.7. The highest BCUT2D eigenvalue weighted by molar-refractivity contribution is 5.18. The molecule has 0 N–H and O–H groups in total. The Hall–Kier alpha value is -0.880. The molecule has 0 aliphatic carbocycles. The van der Waals surface area contributed by atoms with Gasteiger partial charge >= 0.3 is 0 Å². The van der Waals surface area contributed by atoms with Gasteiger partial charge in [-0.1, -0.05) is 0 Å². The molecule has 0 spiro atoms. The summed E-state index contributed by atoms with van der Waals surface area (Å²) in [7, 11) is 0. The van der Waals surface area contributed by atoms with E-state index in [9.17, 15) is 0 Å². The van der Waals surface area contributed by atoms with Gasteiger partial charge in [0, 0.05) is 32.1 Å². The quantitative estimate of drug-likeness (QED) is 0.843. The van der Waals surface area contributed by atoms with Crippen LogP contribution in [-0.4, -0.2) is 68.4 Å². The lowest BCUT2D eigenvalue weighted by molar-refractivity contribution is -0.00276. The van der Waals surface area contributed by atoms with Crippen LogP contribution < -0.4 is 0 Å². The lowest BCUT2D eigenvalue weighted by atomic mass is 9.84. The van der Waals surface area contributed by atoms with Gasteiger partial charge in [-0.15, -0.1) is 0 Å². The average Bonchev–Trinajstić information content (AvgIpc) is 3.12. The molecular formula is C19H30N2O3. The molecule has 0 unspecified atom stereocenters.